The minimum Gasteiger partial charge on any atom is -0.481 e. The van der Waals surface area contributed by atoms with Crippen molar-refractivity contribution in [1.29, 1.82) is 0 Å². The van der Waals surface area contributed by atoms with Crippen molar-refractivity contribution in [1.82, 2.24) is 10.2 Å². The summed E-state index contributed by atoms with van der Waals surface area (Å²) in [5.74, 6) is -0.917. The number of benzene rings is 2. The molecule has 1 fully saturated rings. The molecule has 6 nitrogen and oxygen atoms in total. The Balaban J connectivity index is 1.55. The van der Waals surface area contributed by atoms with E-state index in [1.165, 1.54) is 5.56 Å². The zero-order chi connectivity index (χ0) is 19.8. The zero-order valence-corrected chi connectivity index (χ0v) is 15.8. The van der Waals surface area contributed by atoms with Crippen molar-refractivity contribution in [3.63, 3.8) is 0 Å². The van der Waals surface area contributed by atoms with Gasteiger partial charge in [-0.05, 0) is 24.0 Å². The molecule has 1 heterocycles. The highest BCUT2D eigenvalue weighted by Gasteiger charge is 2.38. The van der Waals surface area contributed by atoms with Crippen LogP contribution in [0.5, 0.6) is 0 Å². The summed E-state index contributed by atoms with van der Waals surface area (Å²) in [5.41, 5.74) is 1.35. The van der Waals surface area contributed by atoms with Gasteiger partial charge in [0.15, 0.2) is 0 Å². The van der Waals surface area contributed by atoms with Crippen LogP contribution in [0.2, 0.25) is 0 Å². The summed E-state index contributed by atoms with van der Waals surface area (Å²) in [6.07, 6.45) is 0.479. The molecule has 0 aromatic heterocycles. The van der Waals surface area contributed by atoms with E-state index in [9.17, 15) is 14.7 Å². The van der Waals surface area contributed by atoms with Crippen molar-refractivity contribution in [2.24, 2.45) is 0 Å². The number of nitrogens with one attached hydrogen (secondary N) is 1. The van der Waals surface area contributed by atoms with E-state index < -0.39 is 17.6 Å². The molecule has 28 heavy (non-hydrogen) atoms. The van der Waals surface area contributed by atoms with Crippen LogP contribution < -0.4 is 5.32 Å². The molecule has 0 radical (unpaired) electrons. The molecule has 0 bridgehead atoms. The lowest BCUT2D eigenvalue weighted by Gasteiger charge is -2.41. The van der Waals surface area contributed by atoms with Gasteiger partial charge in [-0.1, -0.05) is 60.7 Å². The number of carboxylic acids is 1. The molecular weight excluding hydrogens is 356 g/mol. The number of rotatable bonds is 7. The van der Waals surface area contributed by atoms with Crippen LogP contribution in [0.15, 0.2) is 60.7 Å². The summed E-state index contributed by atoms with van der Waals surface area (Å²) >= 11 is 0. The minimum atomic E-state index is -0.917. The van der Waals surface area contributed by atoms with Crippen LogP contribution >= 0.6 is 0 Å². The van der Waals surface area contributed by atoms with E-state index in [2.05, 4.69) is 22.3 Å². The van der Waals surface area contributed by atoms with Gasteiger partial charge < -0.3 is 15.2 Å². The van der Waals surface area contributed by atoms with Gasteiger partial charge in [-0.2, -0.15) is 0 Å². The lowest BCUT2D eigenvalue weighted by atomic mass is 9.84. The third kappa shape index (κ3) is 5.82. The molecular formula is C22H26N2O4. The maximum absolute atomic E-state index is 12.3. The molecule has 0 spiro atoms. The third-order valence-electron chi connectivity index (χ3n) is 5.13. The summed E-state index contributed by atoms with van der Waals surface area (Å²) in [4.78, 5) is 26.0. The van der Waals surface area contributed by atoms with E-state index in [1.807, 2.05) is 48.5 Å². The van der Waals surface area contributed by atoms with Gasteiger partial charge in [0.1, 0.15) is 6.61 Å². The molecule has 1 aliphatic heterocycles. The average Bonchev–Trinajstić information content (AvgIpc) is 2.69. The molecule has 0 aliphatic carbocycles. The van der Waals surface area contributed by atoms with Gasteiger partial charge in [-0.3, -0.25) is 9.69 Å². The number of nitrogens with zero attached hydrogens (tertiary/aromatic N) is 1. The Morgan fingerprint density at radius 3 is 2.11 bits per heavy atom. The highest BCUT2D eigenvalue weighted by molar-refractivity contribution is 5.72. The van der Waals surface area contributed by atoms with Crippen molar-refractivity contribution in [3.8, 4) is 0 Å². The lowest BCUT2D eigenvalue weighted by molar-refractivity contribution is -0.139. The van der Waals surface area contributed by atoms with Gasteiger partial charge in [-0.15, -0.1) is 0 Å². The van der Waals surface area contributed by atoms with Crippen molar-refractivity contribution in [2.75, 3.05) is 13.1 Å². The highest BCUT2D eigenvalue weighted by atomic mass is 16.5. The molecule has 2 aromatic rings. The third-order valence-corrected chi connectivity index (χ3v) is 5.13. The van der Waals surface area contributed by atoms with Gasteiger partial charge in [0.2, 0.25) is 0 Å². The van der Waals surface area contributed by atoms with Crippen molar-refractivity contribution in [3.05, 3.63) is 71.8 Å². The number of carboxylic acid groups (broad SMARTS) is 1. The van der Waals surface area contributed by atoms with Gasteiger partial charge in [0.25, 0.3) is 0 Å². The number of carbonyl (C=O) groups excluding carboxylic acids is 1. The molecule has 2 N–H and O–H groups in total. The topological polar surface area (TPSA) is 78.9 Å². The second kappa shape index (κ2) is 9.37. The Morgan fingerprint density at radius 2 is 1.54 bits per heavy atom. The normalized spacial score (nSPS) is 16.3. The molecule has 0 unspecified atom stereocenters. The summed E-state index contributed by atoms with van der Waals surface area (Å²) < 4.78 is 5.30. The van der Waals surface area contributed by atoms with E-state index in [4.69, 9.17) is 4.74 Å². The van der Waals surface area contributed by atoms with Crippen LogP contribution in [0.1, 0.15) is 30.4 Å². The summed E-state index contributed by atoms with van der Waals surface area (Å²) in [6, 6.07) is 19.6. The number of ether oxygens (including phenoxy) is 1. The van der Waals surface area contributed by atoms with Crippen LogP contribution in [0, 0.1) is 0 Å². The number of likely N-dealkylation sites (tertiary alicyclic amines) is 1. The summed E-state index contributed by atoms with van der Waals surface area (Å²) in [5, 5.41) is 12.2. The Hall–Kier alpha value is -2.86. The molecule has 3 rings (SSSR count). The van der Waals surface area contributed by atoms with Crippen LogP contribution in [0.4, 0.5) is 4.79 Å². The van der Waals surface area contributed by atoms with Gasteiger partial charge in [-0.25, -0.2) is 4.79 Å². The predicted molar refractivity (Wildman–Crippen MR) is 106 cm³/mol. The predicted octanol–water partition coefficient (Wildman–Crippen LogP) is 3.42. The van der Waals surface area contributed by atoms with Crippen LogP contribution in [0.25, 0.3) is 0 Å². The first-order valence-corrected chi connectivity index (χ1v) is 9.52. The zero-order valence-electron chi connectivity index (χ0n) is 15.8. The number of piperidine rings is 1. The first-order valence-electron chi connectivity index (χ1n) is 9.52. The van der Waals surface area contributed by atoms with Crippen molar-refractivity contribution in [2.45, 2.75) is 38.0 Å². The standard InChI is InChI=1S/C22H26N2O4/c25-20(26)15-22(23-21(27)28-17-19-9-5-2-6-10-19)11-13-24(14-12-22)16-18-7-3-1-4-8-18/h1-10H,11-17H2,(H,23,27)(H,25,26). The number of amides is 1. The molecule has 1 aliphatic rings. The Morgan fingerprint density at radius 1 is 0.964 bits per heavy atom. The molecule has 2 aromatic carbocycles. The van der Waals surface area contributed by atoms with Crippen molar-refractivity contribution < 1.29 is 19.4 Å². The quantitative estimate of drug-likeness (QED) is 0.767. The fourth-order valence-electron chi connectivity index (χ4n) is 3.59. The molecule has 0 atom stereocenters. The van der Waals surface area contributed by atoms with Crippen molar-refractivity contribution >= 4 is 12.1 Å². The summed E-state index contributed by atoms with van der Waals surface area (Å²) in [6.45, 7) is 2.43. The minimum absolute atomic E-state index is 0.105. The van der Waals surface area contributed by atoms with E-state index >= 15 is 0 Å². The second-order valence-electron chi connectivity index (χ2n) is 7.30. The Kier molecular flexibility index (Phi) is 6.66. The van der Waals surface area contributed by atoms with Crippen LogP contribution in [0.3, 0.4) is 0 Å². The number of hydrogen-bond acceptors (Lipinski definition) is 4. The number of aliphatic carboxylic acids is 1. The fraction of sp³-hybridized carbons (Fsp3) is 0.364. The number of hydrogen-bond donors (Lipinski definition) is 2. The largest absolute Gasteiger partial charge is 0.481 e. The first kappa shape index (κ1) is 19.9. The van der Waals surface area contributed by atoms with Gasteiger partial charge in [0.05, 0.1) is 12.0 Å². The molecule has 1 saturated heterocycles. The molecule has 6 heteroatoms. The highest BCUT2D eigenvalue weighted by Crippen LogP contribution is 2.27. The number of alkyl carbamates (subject to hydrolysis) is 1. The van der Waals surface area contributed by atoms with E-state index in [0.717, 1.165) is 25.2 Å². The average molecular weight is 382 g/mol. The lowest BCUT2D eigenvalue weighted by Crippen LogP contribution is -2.56. The van der Waals surface area contributed by atoms with E-state index in [-0.39, 0.29) is 13.0 Å². The second-order valence-corrected chi connectivity index (χ2v) is 7.30. The molecule has 148 valence electrons. The van der Waals surface area contributed by atoms with Gasteiger partial charge in [0, 0.05) is 19.6 Å². The van der Waals surface area contributed by atoms with E-state index in [0.29, 0.717) is 12.8 Å². The van der Waals surface area contributed by atoms with Gasteiger partial charge >= 0.3 is 12.1 Å². The fourth-order valence-corrected chi connectivity index (χ4v) is 3.59. The summed E-state index contributed by atoms with van der Waals surface area (Å²) in [7, 11) is 0. The first-order chi connectivity index (χ1) is 13.5. The van der Waals surface area contributed by atoms with Crippen LogP contribution in [-0.2, 0) is 22.7 Å². The monoisotopic (exact) mass is 382 g/mol. The smallest absolute Gasteiger partial charge is 0.407 e. The Bertz CT molecular complexity index is 772. The maximum Gasteiger partial charge on any atom is 0.407 e. The molecule has 1 amide bonds. The van der Waals surface area contributed by atoms with Crippen LogP contribution in [-0.4, -0.2) is 40.7 Å². The SMILES string of the molecule is O=C(O)CC1(NC(=O)OCc2ccccc2)CCN(Cc2ccccc2)CC1. The van der Waals surface area contributed by atoms with E-state index in [1.54, 1.807) is 0 Å². The Labute approximate surface area is 165 Å². The number of carbonyl (C=O) groups is 2. The maximum atomic E-state index is 12.3. The molecule has 0 saturated carbocycles.